The summed E-state index contributed by atoms with van der Waals surface area (Å²) in [5.74, 6) is 3.78. The van der Waals surface area contributed by atoms with Gasteiger partial charge in [0.05, 0.1) is 7.11 Å². The topological polar surface area (TPSA) is 54.6 Å². The fourth-order valence-corrected chi connectivity index (χ4v) is 8.93. The Hall–Kier alpha value is -2.01. The van der Waals surface area contributed by atoms with Crippen molar-refractivity contribution in [2.45, 2.75) is 74.5 Å². The van der Waals surface area contributed by atoms with Crippen LogP contribution in [0.1, 0.15) is 74.6 Å². The van der Waals surface area contributed by atoms with Crippen LogP contribution in [0, 0.1) is 17.8 Å². The van der Waals surface area contributed by atoms with Gasteiger partial charge in [-0.05, 0) is 92.9 Å². The Morgan fingerprint density at radius 2 is 1.84 bits per heavy atom. The SMILES string of the molecule is COc1ccc2[nH]c3c(c2c1)C1CC12CCN2C3C(=O)OC12CC3CC(CC(C3)C1)C2. The fourth-order valence-electron chi connectivity index (χ4n) is 8.93. The number of methoxy groups -OCH3 is 1. The summed E-state index contributed by atoms with van der Waals surface area (Å²) >= 11 is 0. The Kier molecular flexibility index (Phi) is 3.10. The molecule has 1 N–H and O–H groups in total. The number of carbonyl (C=O) groups is 1. The number of esters is 1. The van der Waals surface area contributed by atoms with Crippen molar-refractivity contribution in [1.29, 1.82) is 0 Å². The summed E-state index contributed by atoms with van der Waals surface area (Å²) in [6.45, 7) is 1.01. The van der Waals surface area contributed by atoms with Crippen molar-refractivity contribution in [2.24, 2.45) is 17.8 Å². The van der Waals surface area contributed by atoms with E-state index in [1.807, 2.05) is 6.07 Å². The molecule has 2 aromatic rings. The maximum Gasteiger partial charge on any atom is 0.330 e. The molecule has 1 aromatic heterocycles. The molecule has 5 nitrogen and oxygen atoms in total. The minimum atomic E-state index is -0.270. The zero-order valence-corrected chi connectivity index (χ0v) is 18.2. The average Bonchev–Trinajstić information content (AvgIpc) is 3.39. The molecule has 5 heteroatoms. The van der Waals surface area contributed by atoms with Crippen LogP contribution in [0.15, 0.2) is 18.2 Å². The van der Waals surface area contributed by atoms with Crippen molar-refractivity contribution in [3.8, 4) is 5.75 Å². The molecule has 1 saturated heterocycles. The third-order valence-corrected chi connectivity index (χ3v) is 9.94. The molecule has 2 aliphatic heterocycles. The Morgan fingerprint density at radius 3 is 2.48 bits per heavy atom. The van der Waals surface area contributed by atoms with Crippen LogP contribution < -0.4 is 4.74 Å². The van der Waals surface area contributed by atoms with Gasteiger partial charge in [0.1, 0.15) is 17.4 Å². The third-order valence-electron chi connectivity index (χ3n) is 9.94. The number of aromatic amines is 1. The van der Waals surface area contributed by atoms with Gasteiger partial charge in [0.2, 0.25) is 0 Å². The number of H-pyrrole nitrogens is 1. The first kappa shape index (κ1) is 17.5. The Bertz CT molecular complexity index is 1100. The lowest BCUT2D eigenvalue weighted by atomic mass is 9.54. The molecule has 0 amide bonds. The minimum absolute atomic E-state index is 0.00569. The lowest BCUT2D eigenvalue weighted by Gasteiger charge is -2.56. The van der Waals surface area contributed by atoms with Gasteiger partial charge >= 0.3 is 5.97 Å². The molecule has 9 rings (SSSR count). The molecular formula is C26H30N2O3. The number of nitrogens with zero attached hydrogens (tertiary/aromatic N) is 1. The number of fused-ring (bicyclic) bond motifs is 4. The first-order chi connectivity index (χ1) is 15.1. The van der Waals surface area contributed by atoms with Crippen molar-refractivity contribution in [3.05, 3.63) is 29.5 Å². The summed E-state index contributed by atoms with van der Waals surface area (Å²) in [6.07, 6.45) is 9.77. The van der Waals surface area contributed by atoms with Gasteiger partial charge in [-0.1, -0.05) is 0 Å². The molecule has 1 spiro atoms. The van der Waals surface area contributed by atoms with Crippen LogP contribution in [-0.4, -0.2) is 40.6 Å². The molecule has 1 aromatic carbocycles. The van der Waals surface area contributed by atoms with Crippen molar-refractivity contribution in [2.75, 3.05) is 13.7 Å². The van der Waals surface area contributed by atoms with E-state index in [0.717, 1.165) is 60.5 Å². The lowest BCUT2D eigenvalue weighted by molar-refractivity contribution is -0.196. The van der Waals surface area contributed by atoms with E-state index < -0.39 is 0 Å². The molecule has 3 unspecified atom stereocenters. The van der Waals surface area contributed by atoms with E-state index in [0.29, 0.717) is 5.92 Å². The van der Waals surface area contributed by atoms with E-state index in [-0.39, 0.29) is 23.2 Å². The van der Waals surface area contributed by atoms with Gasteiger partial charge < -0.3 is 14.5 Å². The molecule has 5 saturated carbocycles. The monoisotopic (exact) mass is 418 g/mol. The summed E-state index contributed by atoms with van der Waals surface area (Å²) < 4.78 is 12.1. The zero-order valence-electron chi connectivity index (χ0n) is 18.2. The summed E-state index contributed by atoms with van der Waals surface area (Å²) in [6, 6.07) is 5.98. The van der Waals surface area contributed by atoms with Crippen LogP contribution in [0.5, 0.6) is 5.75 Å². The number of ether oxygens (including phenoxy) is 2. The van der Waals surface area contributed by atoms with E-state index in [4.69, 9.17) is 9.47 Å². The average molecular weight is 419 g/mol. The summed E-state index contributed by atoms with van der Waals surface area (Å²) in [4.78, 5) is 20.0. The summed E-state index contributed by atoms with van der Waals surface area (Å²) in [5, 5.41) is 1.23. The van der Waals surface area contributed by atoms with E-state index in [1.165, 1.54) is 43.1 Å². The Labute approximate surface area is 182 Å². The van der Waals surface area contributed by atoms with Gasteiger partial charge in [0.15, 0.2) is 0 Å². The van der Waals surface area contributed by atoms with E-state index >= 15 is 0 Å². The van der Waals surface area contributed by atoms with Crippen LogP contribution in [0.2, 0.25) is 0 Å². The summed E-state index contributed by atoms with van der Waals surface area (Å²) in [7, 11) is 1.72. The van der Waals surface area contributed by atoms with Gasteiger partial charge in [0.25, 0.3) is 0 Å². The second-order valence-corrected chi connectivity index (χ2v) is 11.6. The fraction of sp³-hybridized carbons (Fsp3) is 0.654. The molecule has 31 heavy (non-hydrogen) atoms. The molecule has 0 radical (unpaired) electrons. The second-order valence-electron chi connectivity index (χ2n) is 11.6. The number of nitrogens with one attached hydrogen (secondary N) is 1. The van der Waals surface area contributed by atoms with Gasteiger partial charge in [-0.3, -0.25) is 4.90 Å². The van der Waals surface area contributed by atoms with Gasteiger partial charge in [0, 0.05) is 34.6 Å². The molecule has 3 heterocycles. The number of hydrogen-bond donors (Lipinski definition) is 1. The molecular weight excluding hydrogens is 388 g/mol. The van der Waals surface area contributed by atoms with Gasteiger partial charge in [-0.15, -0.1) is 0 Å². The number of rotatable bonds is 3. The largest absolute Gasteiger partial charge is 0.497 e. The van der Waals surface area contributed by atoms with Crippen LogP contribution in [0.3, 0.4) is 0 Å². The second kappa shape index (κ2) is 5.48. The van der Waals surface area contributed by atoms with Crippen LogP contribution in [0.4, 0.5) is 0 Å². The Balaban J connectivity index is 1.20. The van der Waals surface area contributed by atoms with Crippen LogP contribution in [0.25, 0.3) is 10.9 Å². The van der Waals surface area contributed by atoms with Crippen molar-refractivity contribution < 1.29 is 14.3 Å². The van der Waals surface area contributed by atoms with E-state index in [1.54, 1.807) is 7.11 Å². The predicted octanol–water partition coefficient (Wildman–Crippen LogP) is 4.68. The zero-order chi connectivity index (χ0) is 20.5. The highest BCUT2D eigenvalue weighted by atomic mass is 16.6. The molecule has 5 aliphatic carbocycles. The van der Waals surface area contributed by atoms with E-state index in [2.05, 4.69) is 22.0 Å². The van der Waals surface area contributed by atoms with Gasteiger partial charge in [-0.25, -0.2) is 4.79 Å². The Morgan fingerprint density at radius 1 is 1.10 bits per heavy atom. The first-order valence-electron chi connectivity index (χ1n) is 12.3. The maximum absolute atomic E-state index is 13.9. The maximum atomic E-state index is 13.9. The predicted molar refractivity (Wildman–Crippen MR) is 116 cm³/mol. The lowest BCUT2D eigenvalue weighted by Crippen LogP contribution is -2.59. The number of carbonyl (C=O) groups excluding carboxylic acids is 1. The molecule has 4 bridgehead atoms. The number of benzene rings is 1. The van der Waals surface area contributed by atoms with Crippen LogP contribution in [-0.2, 0) is 9.53 Å². The quantitative estimate of drug-likeness (QED) is 0.736. The van der Waals surface area contributed by atoms with E-state index in [9.17, 15) is 4.79 Å². The molecule has 162 valence electrons. The summed E-state index contributed by atoms with van der Waals surface area (Å²) in [5.41, 5.74) is 3.59. The molecule has 7 aliphatic rings. The first-order valence-corrected chi connectivity index (χ1v) is 12.3. The number of aromatic nitrogens is 1. The highest BCUT2D eigenvalue weighted by Gasteiger charge is 2.70. The minimum Gasteiger partial charge on any atom is -0.497 e. The molecule has 3 atom stereocenters. The molecule has 6 fully saturated rings. The normalized spacial score (nSPS) is 43.7. The highest BCUT2D eigenvalue weighted by molar-refractivity contribution is 5.91. The van der Waals surface area contributed by atoms with Gasteiger partial charge in [-0.2, -0.15) is 0 Å². The number of hydrogen-bond acceptors (Lipinski definition) is 4. The van der Waals surface area contributed by atoms with Crippen molar-refractivity contribution in [1.82, 2.24) is 9.88 Å². The highest BCUT2D eigenvalue weighted by Crippen LogP contribution is 2.70. The smallest absolute Gasteiger partial charge is 0.330 e. The van der Waals surface area contributed by atoms with Crippen molar-refractivity contribution in [3.63, 3.8) is 0 Å². The standard InChI is InChI=1S/C26H30N2O3/c1-30-17-2-3-20-18(9-17)21-19-13-26(19)4-5-28(26)23(22(21)27-20)24(29)31-25-10-14-6-15(11-25)8-16(7-14)12-25/h2-3,9,14-16,19,23,27H,4-8,10-13H2,1H3. The third kappa shape index (κ3) is 2.14. The van der Waals surface area contributed by atoms with Crippen molar-refractivity contribution >= 4 is 16.9 Å². The van der Waals surface area contributed by atoms with Crippen LogP contribution >= 0.6 is 0 Å².